The first kappa shape index (κ1) is 32.2. The lowest BCUT2D eigenvalue weighted by molar-refractivity contribution is -0.140. The van der Waals surface area contributed by atoms with E-state index in [1.54, 1.807) is 31.7 Å². The number of carbonyl (C=O) groups excluding carboxylic acids is 3. The number of rotatable bonds is 16. The molecule has 0 bridgehead atoms. The van der Waals surface area contributed by atoms with Crippen LogP contribution in [0.1, 0.15) is 110 Å². The molecule has 2 unspecified atom stereocenters. The first-order chi connectivity index (χ1) is 17.5. The first-order valence-corrected chi connectivity index (χ1v) is 13.8. The summed E-state index contributed by atoms with van der Waals surface area (Å²) in [6.07, 6.45) is 9.19. The van der Waals surface area contributed by atoms with E-state index in [4.69, 9.17) is 4.74 Å². The van der Waals surface area contributed by atoms with Crippen molar-refractivity contribution in [3.8, 4) is 0 Å². The molecular weight excluding hydrogens is 466 g/mol. The molecule has 2 atom stereocenters. The van der Waals surface area contributed by atoms with Gasteiger partial charge in [0.2, 0.25) is 11.8 Å². The van der Waals surface area contributed by atoms with E-state index < -0.39 is 17.7 Å². The van der Waals surface area contributed by atoms with Gasteiger partial charge >= 0.3 is 6.09 Å². The maximum atomic E-state index is 13.6. The Bertz CT molecular complexity index is 863. The number of nitrogens with one attached hydrogen (secondary N) is 2. The minimum Gasteiger partial charge on any atom is -0.444 e. The van der Waals surface area contributed by atoms with Crippen LogP contribution in [0.5, 0.6) is 0 Å². The highest BCUT2D eigenvalue weighted by Crippen LogP contribution is 2.24. The smallest absolute Gasteiger partial charge is 0.408 e. The summed E-state index contributed by atoms with van der Waals surface area (Å²) in [4.78, 5) is 41.0. The van der Waals surface area contributed by atoms with Gasteiger partial charge in [0.05, 0.1) is 0 Å². The van der Waals surface area contributed by atoms with Gasteiger partial charge in [0.25, 0.3) is 0 Å². The number of benzene rings is 1. The molecule has 0 fully saturated rings. The van der Waals surface area contributed by atoms with Crippen LogP contribution in [0.3, 0.4) is 0 Å². The van der Waals surface area contributed by atoms with E-state index >= 15 is 0 Å². The first-order valence-electron chi connectivity index (χ1n) is 13.8. The third kappa shape index (κ3) is 12.8. The van der Waals surface area contributed by atoms with Crippen LogP contribution in [0.25, 0.3) is 6.08 Å². The quantitative estimate of drug-likeness (QED) is 0.250. The Morgan fingerprint density at radius 2 is 1.73 bits per heavy atom. The predicted octanol–water partition coefficient (Wildman–Crippen LogP) is 6.39. The van der Waals surface area contributed by atoms with Crippen LogP contribution in [-0.4, -0.2) is 47.5 Å². The second-order valence-corrected chi connectivity index (χ2v) is 10.7. The van der Waals surface area contributed by atoms with Crippen molar-refractivity contribution < 1.29 is 19.1 Å². The van der Waals surface area contributed by atoms with E-state index in [1.807, 2.05) is 31.2 Å². The minimum absolute atomic E-state index is 0.0199. The Labute approximate surface area is 224 Å². The van der Waals surface area contributed by atoms with Crippen molar-refractivity contribution in [3.63, 3.8) is 0 Å². The molecule has 7 heteroatoms. The van der Waals surface area contributed by atoms with Gasteiger partial charge in [-0.05, 0) is 57.7 Å². The second-order valence-electron chi connectivity index (χ2n) is 10.7. The highest BCUT2D eigenvalue weighted by atomic mass is 16.6. The summed E-state index contributed by atoms with van der Waals surface area (Å²) < 4.78 is 5.30. The maximum Gasteiger partial charge on any atom is 0.408 e. The zero-order valence-corrected chi connectivity index (χ0v) is 23.9. The molecule has 0 saturated heterocycles. The van der Waals surface area contributed by atoms with E-state index in [-0.39, 0.29) is 24.4 Å². The summed E-state index contributed by atoms with van der Waals surface area (Å²) >= 11 is 0. The molecule has 0 aliphatic heterocycles. The molecule has 7 nitrogen and oxygen atoms in total. The van der Waals surface area contributed by atoms with Crippen molar-refractivity contribution in [1.29, 1.82) is 0 Å². The van der Waals surface area contributed by atoms with E-state index in [0.29, 0.717) is 6.54 Å². The van der Waals surface area contributed by atoms with Crippen molar-refractivity contribution in [2.45, 2.75) is 111 Å². The SMILES string of the molecule is C=Cc1cccc(C(C(=O)NC(C)CCC)N(CCCCCCCC)C(=O)CNC(=O)OC(C)(C)C)c1. The number of unbranched alkanes of at least 4 members (excludes halogenated alkanes) is 5. The van der Waals surface area contributed by atoms with E-state index in [2.05, 4.69) is 31.1 Å². The number of nitrogens with zero attached hydrogens (tertiary/aromatic N) is 1. The largest absolute Gasteiger partial charge is 0.444 e. The van der Waals surface area contributed by atoms with Crippen LogP contribution < -0.4 is 10.6 Å². The third-order valence-electron chi connectivity index (χ3n) is 5.99. The van der Waals surface area contributed by atoms with E-state index in [1.165, 1.54) is 12.8 Å². The minimum atomic E-state index is -0.817. The van der Waals surface area contributed by atoms with Gasteiger partial charge in [-0.1, -0.05) is 83.2 Å². The maximum absolute atomic E-state index is 13.6. The summed E-state index contributed by atoms with van der Waals surface area (Å²) in [6.45, 7) is 15.5. The van der Waals surface area contributed by atoms with Crippen LogP contribution >= 0.6 is 0 Å². The molecule has 0 spiro atoms. The fourth-order valence-electron chi connectivity index (χ4n) is 4.18. The van der Waals surface area contributed by atoms with Crippen LogP contribution in [0.15, 0.2) is 30.8 Å². The molecule has 1 aromatic carbocycles. The van der Waals surface area contributed by atoms with Crippen LogP contribution in [0.4, 0.5) is 4.79 Å². The van der Waals surface area contributed by atoms with Gasteiger partial charge in [-0.2, -0.15) is 0 Å². The van der Waals surface area contributed by atoms with Crippen LogP contribution in [0, 0.1) is 0 Å². The summed E-state index contributed by atoms with van der Waals surface area (Å²) in [5.41, 5.74) is 0.916. The molecule has 0 aliphatic carbocycles. The van der Waals surface area contributed by atoms with Crippen LogP contribution in [-0.2, 0) is 14.3 Å². The Hall–Kier alpha value is -2.83. The summed E-state index contributed by atoms with van der Waals surface area (Å²) in [5.74, 6) is -0.550. The molecule has 0 aliphatic rings. The fourth-order valence-corrected chi connectivity index (χ4v) is 4.18. The predicted molar refractivity (Wildman–Crippen MR) is 151 cm³/mol. The molecule has 1 aromatic rings. The average Bonchev–Trinajstić information content (AvgIpc) is 2.83. The fraction of sp³-hybridized carbons (Fsp3) is 0.633. The average molecular weight is 516 g/mol. The molecule has 0 aromatic heterocycles. The standard InChI is InChI=1S/C30H49N3O4/c1-8-11-12-13-14-15-20-33(26(34)22-31-29(36)37-30(5,6)7)27(28(35)32-23(4)17-9-2)25-19-16-18-24(10-3)21-25/h10,16,18-19,21,23,27H,3,8-9,11-15,17,20,22H2,1-2,4-7H3,(H,31,36)(H,32,35). The molecule has 37 heavy (non-hydrogen) atoms. The van der Waals surface area contributed by atoms with Gasteiger partial charge in [-0.3, -0.25) is 9.59 Å². The number of hydrogen-bond acceptors (Lipinski definition) is 4. The monoisotopic (exact) mass is 515 g/mol. The number of hydrogen-bond donors (Lipinski definition) is 2. The topological polar surface area (TPSA) is 87.7 Å². The van der Waals surface area contributed by atoms with E-state index in [9.17, 15) is 14.4 Å². The van der Waals surface area contributed by atoms with Gasteiger partial charge < -0.3 is 20.3 Å². The zero-order valence-electron chi connectivity index (χ0n) is 23.9. The molecule has 0 radical (unpaired) electrons. The zero-order chi connectivity index (χ0) is 27.8. The number of alkyl carbamates (subject to hydrolysis) is 1. The number of ether oxygens (including phenoxy) is 1. The van der Waals surface area contributed by atoms with Gasteiger partial charge in [0.15, 0.2) is 0 Å². The molecular formula is C30H49N3O4. The molecule has 0 heterocycles. The highest BCUT2D eigenvalue weighted by Gasteiger charge is 2.32. The van der Waals surface area contributed by atoms with Gasteiger partial charge in [-0.25, -0.2) is 4.79 Å². The van der Waals surface area contributed by atoms with Gasteiger partial charge in [0.1, 0.15) is 18.2 Å². The summed E-state index contributed by atoms with van der Waals surface area (Å²) in [6, 6.07) is 6.70. The second kappa shape index (κ2) is 16.8. The van der Waals surface area contributed by atoms with Crippen molar-refractivity contribution in [1.82, 2.24) is 15.5 Å². The van der Waals surface area contributed by atoms with Gasteiger partial charge in [-0.15, -0.1) is 0 Å². The Balaban J connectivity index is 3.23. The molecule has 1 rings (SSSR count). The Morgan fingerprint density at radius 1 is 1.05 bits per heavy atom. The summed E-state index contributed by atoms with van der Waals surface area (Å²) in [7, 11) is 0. The van der Waals surface area contributed by atoms with Crippen molar-refractivity contribution in [2.75, 3.05) is 13.1 Å². The third-order valence-corrected chi connectivity index (χ3v) is 5.99. The molecule has 3 amide bonds. The molecule has 2 N–H and O–H groups in total. The number of carbonyl (C=O) groups is 3. The summed E-state index contributed by atoms with van der Waals surface area (Å²) in [5, 5.41) is 5.66. The lowest BCUT2D eigenvalue weighted by Gasteiger charge is -2.33. The van der Waals surface area contributed by atoms with Crippen molar-refractivity contribution in [2.24, 2.45) is 0 Å². The van der Waals surface area contributed by atoms with Gasteiger partial charge in [0, 0.05) is 12.6 Å². The van der Waals surface area contributed by atoms with E-state index in [0.717, 1.165) is 49.7 Å². The Morgan fingerprint density at radius 3 is 2.35 bits per heavy atom. The Kier molecular flexibility index (Phi) is 14.6. The molecule has 208 valence electrons. The number of amides is 3. The van der Waals surface area contributed by atoms with Crippen molar-refractivity contribution >= 4 is 24.0 Å². The molecule has 0 saturated carbocycles. The van der Waals surface area contributed by atoms with Crippen molar-refractivity contribution in [3.05, 3.63) is 42.0 Å². The lowest BCUT2D eigenvalue weighted by Crippen LogP contribution is -2.49. The lowest BCUT2D eigenvalue weighted by atomic mass is 10.00. The van der Waals surface area contributed by atoms with Crippen LogP contribution in [0.2, 0.25) is 0 Å². The normalized spacial score (nSPS) is 12.8. The highest BCUT2D eigenvalue weighted by molar-refractivity contribution is 5.90.